The number of furan rings is 1. The molecule has 0 amide bonds. The Hall–Kier alpha value is -6.13. The molecule has 0 bridgehead atoms. The number of aromatic nitrogens is 3. The van der Waals surface area contributed by atoms with Gasteiger partial charge in [0.05, 0.1) is 0 Å². The quantitative estimate of drug-likeness (QED) is 0.196. The normalized spacial score (nSPS) is 11.6. The minimum absolute atomic E-state index is 0.604. The second-order valence-electron chi connectivity index (χ2n) is 11.3. The number of rotatable bonds is 4. The van der Waals surface area contributed by atoms with Gasteiger partial charge in [0.2, 0.25) is 0 Å². The van der Waals surface area contributed by atoms with Gasteiger partial charge in [-0.05, 0) is 56.9 Å². The van der Waals surface area contributed by atoms with Crippen molar-refractivity contribution in [1.82, 2.24) is 15.0 Å². The molecule has 45 heavy (non-hydrogen) atoms. The summed E-state index contributed by atoms with van der Waals surface area (Å²) in [5, 5.41) is 6.82. The molecule has 0 radical (unpaired) electrons. The molecule has 0 aliphatic rings. The van der Waals surface area contributed by atoms with E-state index in [1.807, 2.05) is 54.6 Å². The molecular formula is C41H25N3O. The lowest BCUT2D eigenvalue weighted by atomic mass is 9.98. The first-order valence-corrected chi connectivity index (χ1v) is 15.0. The van der Waals surface area contributed by atoms with E-state index in [1.165, 1.54) is 16.2 Å². The summed E-state index contributed by atoms with van der Waals surface area (Å²) >= 11 is 0. The Balaban J connectivity index is 1.32. The zero-order valence-corrected chi connectivity index (χ0v) is 24.2. The molecule has 0 unspecified atom stereocenters. The van der Waals surface area contributed by atoms with Crippen LogP contribution < -0.4 is 0 Å². The maximum absolute atomic E-state index is 6.42. The van der Waals surface area contributed by atoms with Crippen LogP contribution in [0.4, 0.5) is 0 Å². The Morgan fingerprint density at radius 1 is 0.356 bits per heavy atom. The van der Waals surface area contributed by atoms with Crippen molar-refractivity contribution in [1.29, 1.82) is 0 Å². The molecular weight excluding hydrogens is 550 g/mol. The van der Waals surface area contributed by atoms with E-state index in [2.05, 4.69) is 97.1 Å². The zero-order valence-electron chi connectivity index (χ0n) is 24.2. The minimum Gasteiger partial charge on any atom is -0.456 e. The fraction of sp³-hybridized carbons (Fsp3) is 0. The highest BCUT2D eigenvalue weighted by molar-refractivity contribution is 6.13. The molecule has 4 heteroatoms. The van der Waals surface area contributed by atoms with Gasteiger partial charge >= 0.3 is 0 Å². The van der Waals surface area contributed by atoms with Crippen LogP contribution in [0.5, 0.6) is 0 Å². The van der Waals surface area contributed by atoms with Gasteiger partial charge in [0, 0.05) is 27.5 Å². The molecule has 0 atom stereocenters. The number of fused-ring (bicyclic) bond motifs is 6. The number of para-hydroxylation sites is 1. The van der Waals surface area contributed by atoms with Crippen LogP contribution in [-0.4, -0.2) is 15.0 Å². The lowest BCUT2D eigenvalue weighted by molar-refractivity contribution is 0.669. The highest BCUT2D eigenvalue weighted by atomic mass is 16.3. The van der Waals surface area contributed by atoms with E-state index in [-0.39, 0.29) is 0 Å². The first-order valence-electron chi connectivity index (χ1n) is 15.0. The summed E-state index contributed by atoms with van der Waals surface area (Å²) in [5.41, 5.74) is 6.54. The molecule has 7 aromatic carbocycles. The molecule has 9 aromatic rings. The monoisotopic (exact) mass is 575 g/mol. The van der Waals surface area contributed by atoms with Gasteiger partial charge in [-0.2, -0.15) is 0 Å². The third-order valence-corrected chi connectivity index (χ3v) is 8.50. The third kappa shape index (κ3) is 4.35. The summed E-state index contributed by atoms with van der Waals surface area (Å²) in [6.07, 6.45) is 0. The highest BCUT2D eigenvalue weighted by Crippen LogP contribution is 2.40. The summed E-state index contributed by atoms with van der Waals surface area (Å²) in [5.74, 6) is 1.85. The molecule has 0 spiro atoms. The molecule has 4 nitrogen and oxygen atoms in total. The molecule has 0 saturated carbocycles. The van der Waals surface area contributed by atoms with E-state index in [0.717, 1.165) is 55.1 Å². The predicted octanol–water partition coefficient (Wildman–Crippen LogP) is 10.7. The smallest absolute Gasteiger partial charge is 0.164 e. The number of nitrogens with zero attached hydrogens (tertiary/aromatic N) is 3. The van der Waals surface area contributed by atoms with Crippen LogP contribution in [0.15, 0.2) is 156 Å². The van der Waals surface area contributed by atoms with Crippen molar-refractivity contribution in [2.75, 3.05) is 0 Å². The average Bonchev–Trinajstić information content (AvgIpc) is 3.50. The molecule has 0 saturated heterocycles. The minimum atomic E-state index is 0.604. The topological polar surface area (TPSA) is 51.8 Å². The van der Waals surface area contributed by atoms with Crippen LogP contribution in [0.2, 0.25) is 0 Å². The van der Waals surface area contributed by atoms with E-state index in [4.69, 9.17) is 19.4 Å². The van der Waals surface area contributed by atoms with Crippen LogP contribution in [0.3, 0.4) is 0 Å². The number of hydrogen-bond donors (Lipinski definition) is 0. The maximum Gasteiger partial charge on any atom is 0.164 e. The Bertz CT molecular complexity index is 2540. The van der Waals surface area contributed by atoms with Crippen molar-refractivity contribution >= 4 is 43.5 Å². The molecule has 2 heterocycles. The third-order valence-electron chi connectivity index (χ3n) is 8.50. The molecule has 0 N–H and O–H groups in total. The Labute approximate surface area is 259 Å². The van der Waals surface area contributed by atoms with Gasteiger partial charge in [-0.1, -0.05) is 127 Å². The van der Waals surface area contributed by atoms with Crippen LogP contribution in [0, 0.1) is 0 Å². The van der Waals surface area contributed by atoms with Gasteiger partial charge in [0.1, 0.15) is 11.2 Å². The van der Waals surface area contributed by atoms with Gasteiger partial charge in [0.25, 0.3) is 0 Å². The standard InChI is InChI=1S/C41H25N3O/c1-3-11-26(12-4-1)31-24-35(38-34-17-9-10-18-36(34)45-37(38)25-31)41-43-39(28-14-5-2-6-15-28)42-40(44-41)30-21-22-33-29(23-30)20-19-27-13-7-8-16-32(27)33/h1-25H. The van der Waals surface area contributed by atoms with E-state index in [1.54, 1.807) is 0 Å². The van der Waals surface area contributed by atoms with Crippen molar-refractivity contribution in [3.05, 3.63) is 152 Å². The van der Waals surface area contributed by atoms with Crippen molar-refractivity contribution < 1.29 is 4.42 Å². The predicted molar refractivity (Wildman–Crippen MR) is 184 cm³/mol. The second kappa shape index (κ2) is 10.2. The lowest BCUT2D eigenvalue weighted by Gasteiger charge is -2.12. The van der Waals surface area contributed by atoms with E-state index in [0.29, 0.717) is 17.5 Å². The first-order chi connectivity index (χ1) is 22.3. The molecule has 2 aromatic heterocycles. The zero-order chi connectivity index (χ0) is 29.7. The van der Waals surface area contributed by atoms with Gasteiger partial charge in [-0.3, -0.25) is 0 Å². The van der Waals surface area contributed by atoms with Gasteiger partial charge in [-0.25, -0.2) is 15.0 Å². The average molecular weight is 576 g/mol. The van der Waals surface area contributed by atoms with Crippen LogP contribution in [0.1, 0.15) is 0 Å². The largest absolute Gasteiger partial charge is 0.456 e. The maximum atomic E-state index is 6.42. The SMILES string of the molecule is c1ccc(-c2cc(-c3nc(-c4ccccc4)nc(-c4ccc5c(ccc6ccccc65)c4)n3)c3c(c2)oc2ccccc23)cc1. The summed E-state index contributed by atoms with van der Waals surface area (Å²) in [6, 6.07) is 52.2. The van der Waals surface area contributed by atoms with Crippen molar-refractivity contribution in [2.24, 2.45) is 0 Å². The van der Waals surface area contributed by atoms with E-state index < -0.39 is 0 Å². The van der Waals surface area contributed by atoms with Gasteiger partial charge in [0.15, 0.2) is 17.5 Å². The van der Waals surface area contributed by atoms with E-state index in [9.17, 15) is 0 Å². The Morgan fingerprint density at radius 2 is 0.978 bits per heavy atom. The summed E-state index contributed by atoms with van der Waals surface area (Å²) in [7, 11) is 0. The Morgan fingerprint density at radius 3 is 1.80 bits per heavy atom. The van der Waals surface area contributed by atoms with Crippen molar-refractivity contribution in [3.8, 4) is 45.3 Å². The van der Waals surface area contributed by atoms with Crippen LogP contribution in [0.25, 0.3) is 88.8 Å². The lowest BCUT2D eigenvalue weighted by Crippen LogP contribution is -2.00. The molecule has 9 rings (SSSR count). The summed E-state index contributed by atoms with van der Waals surface area (Å²) in [6.45, 7) is 0. The molecule has 0 fully saturated rings. The fourth-order valence-corrected chi connectivity index (χ4v) is 6.32. The summed E-state index contributed by atoms with van der Waals surface area (Å²) in [4.78, 5) is 15.3. The summed E-state index contributed by atoms with van der Waals surface area (Å²) < 4.78 is 6.42. The van der Waals surface area contributed by atoms with Crippen LogP contribution in [-0.2, 0) is 0 Å². The van der Waals surface area contributed by atoms with Crippen molar-refractivity contribution in [3.63, 3.8) is 0 Å². The first kappa shape index (κ1) is 25.4. The van der Waals surface area contributed by atoms with Crippen molar-refractivity contribution in [2.45, 2.75) is 0 Å². The van der Waals surface area contributed by atoms with E-state index >= 15 is 0 Å². The van der Waals surface area contributed by atoms with Gasteiger partial charge in [-0.15, -0.1) is 0 Å². The number of benzene rings is 7. The fourth-order valence-electron chi connectivity index (χ4n) is 6.32. The second-order valence-corrected chi connectivity index (χ2v) is 11.3. The molecule has 210 valence electrons. The van der Waals surface area contributed by atoms with Crippen LogP contribution >= 0.6 is 0 Å². The Kier molecular flexibility index (Phi) is 5.78. The highest BCUT2D eigenvalue weighted by Gasteiger charge is 2.20. The number of hydrogen-bond acceptors (Lipinski definition) is 4. The molecule has 0 aliphatic heterocycles. The van der Waals surface area contributed by atoms with Gasteiger partial charge < -0.3 is 4.42 Å². The molecule has 0 aliphatic carbocycles.